The van der Waals surface area contributed by atoms with Crippen LogP contribution in [0.4, 0.5) is 0 Å². The minimum absolute atomic E-state index is 0.0681. The molecule has 24 heavy (non-hydrogen) atoms. The highest BCUT2D eigenvalue weighted by Gasteiger charge is 2.64. The molecule has 2 heterocycles. The van der Waals surface area contributed by atoms with Crippen molar-refractivity contribution in [2.24, 2.45) is 5.92 Å². The number of aliphatic hydroxyl groups is 1. The summed E-state index contributed by atoms with van der Waals surface area (Å²) in [5.74, 6) is 0.401. The maximum absolute atomic E-state index is 11.5. The van der Waals surface area contributed by atoms with Crippen molar-refractivity contribution in [3.05, 3.63) is 35.4 Å². The normalized spacial score (nSPS) is 40.8. The Hall–Kier alpha value is -1.85. The van der Waals surface area contributed by atoms with E-state index in [4.69, 9.17) is 13.6 Å². The van der Waals surface area contributed by atoms with Gasteiger partial charge in [0.2, 0.25) is 0 Å². The molecule has 1 spiro atoms. The van der Waals surface area contributed by atoms with Crippen molar-refractivity contribution in [1.82, 2.24) is 4.90 Å². The Morgan fingerprint density at radius 1 is 1.50 bits per heavy atom. The standard InChI is InChI=1S/C19H21NO4/c1-10(21)23-15-6-3-11-9-13-12-4-5-14(22)18-19(12,7-8-20(13)2)16(11)17(15)24-18/h3-6,12-14,18,22H,7-9H2,1-2H3/t12-,13+,14-,18-,19-/m0/s1/i2D3. The second-order valence-electron chi connectivity index (χ2n) is 7.22. The van der Waals surface area contributed by atoms with Gasteiger partial charge in [0, 0.05) is 34.0 Å². The Kier molecular flexibility index (Phi) is 2.24. The van der Waals surface area contributed by atoms with Gasteiger partial charge in [-0.15, -0.1) is 0 Å². The van der Waals surface area contributed by atoms with E-state index in [-0.39, 0.29) is 12.0 Å². The highest BCUT2D eigenvalue weighted by Crippen LogP contribution is 2.62. The van der Waals surface area contributed by atoms with Crippen LogP contribution in [0.5, 0.6) is 11.5 Å². The predicted octanol–water partition coefficient (Wildman–Crippen LogP) is 1.42. The minimum Gasteiger partial charge on any atom is -0.482 e. The van der Waals surface area contributed by atoms with Crippen molar-refractivity contribution >= 4 is 5.97 Å². The number of nitrogens with zero attached hydrogens (tertiary/aromatic N) is 1. The van der Waals surface area contributed by atoms with Crippen molar-refractivity contribution in [3.63, 3.8) is 0 Å². The molecule has 2 aliphatic carbocycles. The van der Waals surface area contributed by atoms with Crippen LogP contribution in [0.25, 0.3) is 0 Å². The maximum atomic E-state index is 11.5. The maximum Gasteiger partial charge on any atom is 0.308 e. The molecule has 1 aromatic carbocycles. The number of carbonyl (C=O) groups excluding carboxylic acids is 1. The number of piperidine rings is 1. The van der Waals surface area contributed by atoms with Crippen LogP contribution in [0, 0.1) is 5.92 Å². The smallest absolute Gasteiger partial charge is 0.308 e. The van der Waals surface area contributed by atoms with Gasteiger partial charge >= 0.3 is 5.97 Å². The summed E-state index contributed by atoms with van der Waals surface area (Å²) in [6.07, 6.45) is 3.55. The molecule has 0 unspecified atom stereocenters. The Morgan fingerprint density at radius 3 is 3.17 bits per heavy atom. The summed E-state index contributed by atoms with van der Waals surface area (Å²) in [6, 6.07) is 3.43. The largest absolute Gasteiger partial charge is 0.482 e. The molecule has 1 aromatic rings. The molecule has 5 atom stereocenters. The summed E-state index contributed by atoms with van der Waals surface area (Å²) in [4.78, 5) is 13.1. The Labute approximate surface area is 145 Å². The van der Waals surface area contributed by atoms with Crippen LogP contribution in [0.3, 0.4) is 0 Å². The van der Waals surface area contributed by atoms with Gasteiger partial charge in [0.25, 0.3) is 0 Å². The first-order chi connectivity index (χ1) is 12.7. The zero-order valence-electron chi connectivity index (χ0n) is 16.4. The number of likely N-dealkylation sites (N-methyl/N-ethyl adjacent to an activating group) is 1. The van der Waals surface area contributed by atoms with Crippen LogP contribution in [0.2, 0.25) is 0 Å². The quantitative estimate of drug-likeness (QED) is 0.479. The van der Waals surface area contributed by atoms with Gasteiger partial charge in [0.05, 0.1) is 0 Å². The lowest BCUT2D eigenvalue weighted by molar-refractivity contribution is -0.132. The fourth-order valence-electron chi connectivity index (χ4n) is 5.28. The highest BCUT2D eigenvalue weighted by molar-refractivity contribution is 5.72. The number of carbonyl (C=O) groups is 1. The van der Waals surface area contributed by atoms with E-state index >= 15 is 0 Å². The van der Waals surface area contributed by atoms with Crippen LogP contribution < -0.4 is 9.47 Å². The number of benzene rings is 1. The number of hydrogen-bond acceptors (Lipinski definition) is 5. The highest BCUT2D eigenvalue weighted by atomic mass is 16.6. The SMILES string of the molecule is [2H]C([2H])([2H])N1CC[C@]23c4c5ccc(OC(C)=O)c4O[C@H]2[C@@H](O)C=C[C@H]3[C@H]1C5. The van der Waals surface area contributed by atoms with Crippen LogP contribution in [-0.2, 0) is 16.6 Å². The van der Waals surface area contributed by atoms with E-state index in [0.29, 0.717) is 30.9 Å². The number of aliphatic hydroxyl groups excluding tert-OH is 1. The first kappa shape index (κ1) is 11.7. The Balaban J connectivity index is 1.72. The first-order valence-corrected chi connectivity index (χ1v) is 8.38. The molecular formula is C19H21NO4. The van der Waals surface area contributed by atoms with Gasteiger partial charge in [-0.05, 0) is 38.0 Å². The molecule has 5 nitrogen and oxygen atoms in total. The molecule has 126 valence electrons. The topological polar surface area (TPSA) is 59.0 Å². The summed E-state index contributed by atoms with van der Waals surface area (Å²) >= 11 is 0. The second-order valence-corrected chi connectivity index (χ2v) is 7.22. The number of likely N-dealkylation sites (tertiary alicyclic amines) is 1. The third-order valence-electron chi connectivity index (χ3n) is 6.11. The number of rotatable bonds is 1. The van der Waals surface area contributed by atoms with E-state index in [0.717, 1.165) is 11.1 Å². The molecule has 0 saturated carbocycles. The van der Waals surface area contributed by atoms with Crippen LogP contribution in [-0.4, -0.2) is 47.7 Å². The second kappa shape index (κ2) is 4.61. The lowest BCUT2D eigenvalue weighted by Crippen LogP contribution is -2.64. The molecule has 4 aliphatic rings. The summed E-state index contributed by atoms with van der Waals surface area (Å²) < 4.78 is 35.4. The Morgan fingerprint density at radius 2 is 2.38 bits per heavy atom. The molecule has 0 aromatic heterocycles. The van der Waals surface area contributed by atoms with Crippen molar-refractivity contribution in [1.29, 1.82) is 0 Å². The third-order valence-corrected chi connectivity index (χ3v) is 6.11. The fraction of sp³-hybridized carbons (Fsp3) is 0.526. The summed E-state index contributed by atoms with van der Waals surface area (Å²) in [5.41, 5.74) is 1.52. The van der Waals surface area contributed by atoms with E-state index in [1.807, 2.05) is 12.1 Å². The summed E-state index contributed by atoms with van der Waals surface area (Å²) in [7, 11) is 0. The average molecular weight is 330 g/mol. The molecule has 0 amide bonds. The monoisotopic (exact) mass is 330 g/mol. The summed E-state index contributed by atoms with van der Waals surface area (Å²) in [5, 5.41) is 10.6. The molecule has 1 fully saturated rings. The van der Waals surface area contributed by atoms with Crippen molar-refractivity contribution in [2.75, 3.05) is 13.5 Å². The molecule has 1 N–H and O–H groups in total. The van der Waals surface area contributed by atoms with E-state index in [9.17, 15) is 9.90 Å². The number of hydrogen-bond donors (Lipinski definition) is 1. The molecular weight excluding hydrogens is 306 g/mol. The van der Waals surface area contributed by atoms with Gasteiger partial charge in [0.15, 0.2) is 11.5 Å². The first-order valence-electron chi connectivity index (χ1n) is 9.88. The average Bonchev–Trinajstić information content (AvgIpc) is 2.91. The van der Waals surface area contributed by atoms with Gasteiger partial charge < -0.3 is 19.5 Å². The summed E-state index contributed by atoms with van der Waals surface area (Å²) in [6.45, 7) is -0.408. The van der Waals surface area contributed by atoms with E-state index in [1.54, 1.807) is 17.0 Å². The fourth-order valence-corrected chi connectivity index (χ4v) is 5.28. The van der Waals surface area contributed by atoms with Gasteiger partial charge in [-0.1, -0.05) is 18.2 Å². The lowest BCUT2D eigenvalue weighted by atomic mass is 9.53. The lowest BCUT2D eigenvalue weighted by Gasteiger charge is -2.56. The molecule has 0 radical (unpaired) electrons. The molecule has 1 saturated heterocycles. The molecule has 5 rings (SSSR count). The van der Waals surface area contributed by atoms with Crippen molar-refractivity contribution < 1.29 is 23.5 Å². The predicted molar refractivity (Wildman–Crippen MR) is 87.2 cm³/mol. The molecule has 5 heteroatoms. The van der Waals surface area contributed by atoms with Crippen LogP contribution >= 0.6 is 0 Å². The molecule has 2 aliphatic heterocycles. The van der Waals surface area contributed by atoms with Gasteiger partial charge in [-0.2, -0.15) is 0 Å². The Bertz CT molecular complexity index is 867. The van der Waals surface area contributed by atoms with Gasteiger partial charge in [-0.25, -0.2) is 0 Å². The van der Waals surface area contributed by atoms with E-state index in [2.05, 4.69) is 0 Å². The van der Waals surface area contributed by atoms with Crippen molar-refractivity contribution in [3.8, 4) is 11.5 Å². The van der Waals surface area contributed by atoms with E-state index < -0.39 is 30.6 Å². The zero-order valence-corrected chi connectivity index (χ0v) is 13.4. The van der Waals surface area contributed by atoms with E-state index in [1.165, 1.54) is 6.92 Å². The van der Waals surface area contributed by atoms with Gasteiger partial charge in [0.1, 0.15) is 12.2 Å². The minimum atomic E-state index is -2.16. The van der Waals surface area contributed by atoms with Crippen LogP contribution in [0.15, 0.2) is 24.3 Å². The van der Waals surface area contributed by atoms with Gasteiger partial charge in [-0.3, -0.25) is 4.79 Å². The molecule has 2 bridgehead atoms. The number of esters is 1. The van der Waals surface area contributed by atoms with Crippen molar-refractivity contribution in [2.45, 2.75) is 43.4 Å². The zero-order chi connectivity index (χ0) is 19.1. The number of ether oxygens (including phenoxy) is 2. The third kappa shape index (κ3) is 1.59. The van der Waals surface area contributed by atoms with Crippen LogP contribution in [0.1, 0.15) is 28.6 Å².